The van der Waals surface area contributed by atoms with E-state index in [1.165, 1.54) is 12.1 Å². The number of non-ortho nitro benzene ring substituents is 1. The molecule has 0 aliphatic carbocycles. The molecule has 2 aromatic rings. The van der Waals surface area contributed by atoms with Crippen molar-refractivity contribution in [2.45, 2.75) is 39.7 Å². The van der Waals surface area contributed by atoms with E-state index in [4.69, 9.17) is 13.3 Å². The number of carbonyl (C=O) groups excluding carboxylic acids is 1. The monoisotopic (exact) mass is 460 g/mol. The van der Waals surface area contributed by atoms with Gasteiger partial charge in [-0.25, -0.2) is 0 Å². The summed E-state index contributed by atoms with van der Waals surface area (Å²) in [5.41, 5.74) is 1.96. The third kappa shape index (κ3) is 7.52. The van der Waals surface area contributed by atoms with Crippen molar-refractivity contribution in [1.82, 2.24) is 5.32 Å². The van der Waals surface area contributed by atoms with Crippen molar-refractivity contribution >= 4 is 20.4 Å². The topological polar surface area (TPSA) is 99.9 Å². The summed E-state index contributed by atoms with van der Waals surface area (Å²) in [5, 5.41) is 14.1. The van der Waals surface area contributed by atoms with Crippen molar-refractivity contribution in [3.63, 3.8) is 0 Å². The molecule has 32 heavy (non-hydrogen) atoms. The predicted octanol–water partition coefficient (Wildman–Crippen LogP) is 4.35. The van der Waals surface area contributed by atoms with Crippen LogP contribution in [-0.4, -0.2) is 46.0 Å². The highest BCUT2D eigenvalue weighted by atomic mass is 28.4. The first-order valence-electron chi connectivity index (χ1n) is 11.0. The standard InChI is InChI=1S/C23H32N2O6Si/c1-4-29-32(30-5-2,31-6-3)16-10-15-24-23(26)22-18-21(25(27)28)14-13-20(22)17-19-11-8-7-9-12-19/h7-9,11-14,18H,4-6,10,15-17H2,1-3H3,(H,24,26). The third-order valence-corrected chi connectivity index (χ3v) is 7.98. The molecular weight excluding hydrogens is 428 g/mol. The van der Waals surface area contributed by atoms with Gasteiger partial charge in [-0.1, -0.05) is 36.4 Å². The number of hydrogen-bond donors (Lipinski definition) is 1. The second kappa shape index (κ2) is 13.1. The Bertz CT molecular complexity index is 861. The van der Waals surface area contributed by atoms with Crippen LogP contribution in [-0.2, 0) is 19.7 Å². The summed E-state index contributed by atoms with van der Waals surface area (Å²) in [6.07, 6.45) is 1.12. The number of benzene rings is 2. The molecule has 8 nitrogen and oxygen atoms in total. The van der Waals surface area contributed by atoms with E-state index < -0.39 is 13.7 Å². The van der Waals surface area contributed by atoms with Gasteiger partial charge in [0, 0.05) is 50.1 Å². The number of nitrogens with zero attached hydrogens (tertiary/aromatic N) is 1. The fraction of sp³-hybridized carbons (Fsp3) is 0.435. The zero-order valence-corrected chi connectivity index (χ0v) is 20.0. The van der Waals surface area contributed by atoms with Crippen molar-refractivity contribution in [2.24, 2.45) is 0 Å². The summed E-state index contributed by atoms with van der Waals surface area (Å²) in [5.74, 6) is -0.337. The Morgan fingerprint density at radius 1 is 1.00 bits per heavy atom. The van der Waals surface area contributed by atoms with Crippen LogP contribution in [0.4, 0.5) is 5.69 Å². The second-order valence-electron chi connectivity index (χ2n) is 7.10. The molecule has 0 aliphatic rings. The largest absolute Gasteiger partial charge is 0.500 e. The van der Waals surface area contributed by atoms with Crippen LogP contribution < -0.4 is 5.32 Å². The zero-order valence-electron chi connectivity index (χ0n) is 19.0. The number of nitro groups is 1. The fourth-order valence-electron chi connectivity index (χ4n) is 3.46. The van der Waals surface area contributed by atoms with Gasteiger partial charge in [0.1, 0.15) is 0 Å². The SMILES string of the molecule is CCO[Si](CCCNC(=O)c1cc([N+](=O)[O-])ccc1Cc1ccccc1)(OCC)OCC. The zero-order chi connectivity index (χ0) is 23.4. The van der Waals surface area contributed by atoms with Crippen molar-refractivity contribution in [3.05, 3.63) is 75.3 Å². The molecule has 9 heteroatoms. The molecular formula is C23H32N2O6Si. The highest BCUT2D eigenvalue weighted by Crippen LogP contribution is 2.21. The number of carbonyl (C=O) groups is 1. The maximum atomic E-state index is 12.9. The van der Waals surface area contributed by atoms with E-state index in [2.05, 4.69) is 5.32 Å². The van der Waals surface area contributed by atoms with Crippen LogP contribution in [0.5, 0.6) is 0 Å². The van der Waals surface area contributed by atoms with Crippen molar-refractivity contribution in [3.8, 4) is 0 Å². The Labute approximate surface area is 190 Å². The van der Waals surface area contributed by atoms with Crippen molar-refractivity contribution in [1.29, 1.82) is 0 Å². The Kier molecular flexibility index (Phi) is 10.5. The lowest BCUT2D eigenvalue weighted by atomic mass is 9.98. The lowest BCUT2D eigenvalue weighted by Crippen LogP contribution is -2.46. The van der Waals surface area contributed by atoms with Gasteiger partial charge in [-0.3, -0.25) is 14.9 Å². The molecule has 1 N–H and O–H groups in total. The Hall–Kier alpha value is -2.59. The highest BCUT2D eigenvalue weighted by Gasteiger charge is 2.39. The highest BCUT2D eigenvalue weighted by molar-refractivity contribution is 6.60. The third-order valence-electron chi connectivity index (χ3n) is 4.82. The van der Waals surface area contributed by atoms with Crippen molar-refractivity contribution < 1.29 is 23.0 Å². The van der Waals surface area contributed by atoms with Gasteiger partial charge in [0.2, 0.25) is 0 Å². The maximum absolute atomic E-state index is 12.9. The van der Waals surface area contributed by atoms with Gasteiger partial charge in [0.05, 0.1) is 4.92 Å². The van der Waals surface area contributed by atoms with Crippen LogP contribution in [0.3, 0.4) is 0 Å². The first-order valence-corrected chi connectivity index (χ1v) is 12.9. The fourth-order valence-corrected chi connectivity index (χ4v) is 6.07. The predicted molar refractivity (Wildman–Crippen MR) is 125 cm³/mol. The normalized spacial score (nSPS) is 11.3. The number of nitro benzene ring substituents is 1. The van der Waals surface area contributed by atoms with Gasteiger partial charge in [0.15, 0.2) is 0 Å². The molecule has 2 aromatic carbocycles. The Morgan fingerprint density at radius 2 is 1.62 bits per heavy atom. The van der Waals surface area contributed by atoms with E-state index in [9.17, 15) is 14.9 Å². The first-order chi connectivity index (χ1) is 15.4. The molecule has 0 aliphatic heterocycles. The number of nitrogens with one attached hydrogen (secondary N) is 1. The summed E-state index contributed by atoms with van der Waals surface area (Å²) < 4.78 is 17.5. The van der Waals surface area contributed by atoms with Gasteiger partial charge < -0.3 is 18.6 Å². The van der Waals surface area contributed by atoms with E-state index in [0.29, 0.717) is 50.8 Å². The smallest absolute Gasteiger partial charge is 0.374 e. The summed E-state index contributed by atoms with van der Waals surface area (Å²) in [6, 6.07) is 14.7. The molecule has 0 saturated heterocycles. The molecule has 0 heterocycles. The number of amides is 1. The van der Waals surface area contributed by atoms with E-state index in [-0.39, 0.29) is 11.6 Å². The summed E-state index contributed by atoms with van der Waals surface area (Å²) in [4.78, 5) is 23.7. The van der Waals surface area contributed by atoms with Crippen LogP contribution >= 0.6 is 0 Å². The van der Waals surface area contributed by atoms with Gasteiger partial charge in [0.25, 0.3) is 11.6 Å². The minimum absolute atomic E-state index is 0.109. The van der Waals surface area contributed by atoms with E-state index >= 15 is 0 Å². The molecule has 0 spiro atoms. The van der Waals surface area contributed by atoms with Crippen LogP contribution in [0.2, 0.25) is 6.04 Å². The van der Waals surface area contributed by atoms with Crippen LogP contribution in [0.15, 0.2) is 48.5 Å². The van der Waals surface area contributed by atoms with E-state index in [1.807, 2.05) is 51.1 Å². The summed E-state index contributed by atoms with van der Waals surface area (Å²) in [7, 11) is -2.77. The lowest BCUT2D eigenvalue weighted by Gasteiger charge is -2.28. The molecule has 0 aromatic heterocycles. The minimum Gasteiger partial charge on any atom is -0.374 e. The number of hydrogen-bond acceptors (Lipinski definition) is 6. The van der Waals surface area contributed by atoms with Crippen LogP contribution in [0.1, 0.15) is 48.7 Å². The van der Waals surface area contributed by atoms with Crippen LogP contribution in [0.25, 0.3) is 0 Å². The molecule has 0 bridgehead atoms. The van der Waals surface area contributed by atoms with Crippen LogP contribution in [0, 0.1) is 10.1 Å². The molecule has 1 amide bonds. The van der Waals surface area contributed by atoms with Gasteiger partial charge in [-0.05, 0) is 44.7 Å². The summed E-state index contributed by atoms with van der Waals surface area (Å²) in [6.45, 7) is 7.57. The maximum Gasteiger partial charge on any atom is 0.500 e. The minimum atomic E-state index is -2.77. The van der Waals surface area contributed by atoms with Gasteiger partial charge >= 0.3 is 8.80 Å². The number of rotatable bonds is 14. The van der Waals surface area contributed by atoms with Crippen molar-refractivity contribution in [2.75, 3.05) is 26.4 Å². The lowest BCUT2D eigenvalue weighted by molar-refractivity contribution is -0.384. The van der Waals surface area contributed by atoms with E-state index in [1.54, 1.807) is 6.07 Å². The van der Waals surface area contributed by atoms with Gasteiger partial charge in [-0.15, -0.1) is 0 Å². The summed E-state index contributed by atoms with van der Waals surface area (Å²) >= 11 is 0. The molecule has 0 atom stereocenters. The van der Waals surface area contributed by atoms with Gasteiger partial charge in [-0.2, -0.15) is 0 Å². The Balaban J connectivity index is 2.09. The molecule has 0 fully saturated rings. The average Bonchev–Trinajstić information content (AvgIpc) is 2.78. The van der Waals surface area contributed by atoms with E-state index in [0.717, 1.165) is 11.1 Å². The second-order valence-corrected chi connectivity index (χ2v) is 9.83. The molecule has 2 rings (SSSR count). The molecule has 0 saturated carbocycles. The molecule has 174 valence electrons. The molecule has 0 unspecified atom stereocenters. The quantitative estimate of drug-likeness (QED) is 0.195. The molecule has 0 radical (unpaired) electrons. The average molecular weight is 461 g/mol. The Morgan fingerprint density at radius 3 is 2.19 bits per heavy atom. The first kappa shape index (κ1) is 25.7.